The molecule has 1 aromatic carbocycles. The van der Waals surface area contributed by atoms with Gasteiger partial charge in [-0.2, -0.15) is 13.2 Å². The van der Waals surface area contributed by atoms with Gasteiger partial charge in [-0.1, -0.05) is 12.1 Å². The number of nitrogens with two attached hydrogens (primary N) is 1. The van der Waals surface area contributed by atoms with Gasteiger partial charge in [0.05, 0.1) is 21.1 Å². The van der Waals surface area contributed by atoms with Crippen molar-refractivity contribution in [3.05, 3.63) is 29.3 Å². The number of hydrogen-bond acceptors (Lipinski definition) is 3. The fourth-order valence-electron chi connectivity index (χ4n) is 1.55. The molecule has 0 spiro atoms. The highest BCUT2D eigenvalue weighted by Gasteiger charge is 2.38. The molecule has 1 aromatic heterocycles. The molecule has 2 N–H and O–H groups in total. The highest BCUT2D eigenvalue weighted by molar-refractivity contribution is 7.18. The van der Waals surface area contributed by atoms with Crippen molar-refractivity contribution in [3.63, 3.8) is 0 Å². The molecule has 92 valence electrons. The summed E-state index contributed by atoms with van der Waals surface area (Å²) in [5.41, 5.74) is 5.90. The summed E-state index contributed by atoms with van der Waals surface area (Å²) in [7, 11) is 0. The van der Waals surface area contributed by atoms with E-state index in [9.17, 15) is 13.2 Å². The lowest BCUT2D eigenvalue weighted by Gasteiger charge is -2.16. The summed E-state index contributed by atoms with van der Waals surface area (Å²) in [5.74, 6) is -1.51. The standard InChI is InChI=1S/C11H11F3N2S/c12-11(13,14)7(6-15)5-10-16-8-3-1-2-4-9(8)17-10/h1-4,7H,5-6,15H2/t7-/m1/s1. The van der Waals surface area contributed by atoms with Gasteiger partial charge >= 0.3 is 6.18 Å². The Kier molecular flexibility index (Phi) is 3.35. The van der Waals surface area contributed by atoms with E-state index in [1.807, 2.05) is 18.2 Å². The van der Waals surface area contributed by atoms with Crippen molar-refractivity contribution >= 4 is 21.6 Å². The molecule has 17 heavy (non-hydrogen) atoms. The number of aromatic nitrogens is 1. The normalized spacial score (nSPS) is 14.1. The van der Waals surface area contributed by atoms with Crippen LogP contribution in [0.25, 0.3) is 10.2 Å². The first-order valence-electron chi connectivity index (χ1n) is 5.12. The highest BCUT2D eigenvalue weighted by Crippen LogP contribution is 2.31. The predicted molar refractivity (Wildman–Crippen MR) is 61.9 cm³/mol. The minimum Gasteiger partial charge on any atom is -0.330 e. The molecule has 1 heterocycles. The van der Waals surface area contributed by atoms with Gasteiger partial charge in [0.25, 0.3) is 0 Å². The maximum absolute atomic E-state index is 12.6. The quantitative estimate of drug-likeness (QED) is 0.921. The lowest BCUT2D eigenvalue weighted by atomic mass is 10.1. The Morgan fingerprint density at radius 2 is 2.00 bits per heavy atom. The second-order valence-electron chi connectivity index (χ2n) is 3.75. The Hall–Kier alpha value is -1.14. The van der Waals surface area contributed by atoms with Gasteiger partial charge < -0.3 is 5.73 Å². The fourth-order valence-corrected chi connectivity index (χ4v) is 2.60. The van der Waals surface area contributed by atoms with Crippen LogP contribution in [-0.2, 0) is 6.42 Å². The van der Waals surface area contributed by atoms with E-state index in [-0.39, 0.29) is 6.42 Å². The van der Waals surface area contributed by atoms with E-state index in [2.05, 4.69) is 4.98 Å². The van der Waals surface area contributed by atoms with Crippen molar-refractivity contribution in [2.45, 2.75) is 12.6 Å². The van der Waals surface area contributed by atoms with Crippen LogP contribution in [0.2, 0.25) is 0 Å². The minimum absolute atomic E-state index is 0.140. The van der Waals surface area contributed by atoms with E-state index in [0.717, 1.165) is 10.2 Å². The van der Waals surface area contributed by atoms with Crippen LogP contribution in [0.15, 0.2) is 24.3 Å². The number of thiazole rings is 1. The second-order valence-corrected chi connectivity index (χ2v) is 4.87. The van der Waals surface area contributed by atoms with Crippen LogP contribution in [0.1, 0.15) is 5.01 Å². The lowest BCUT2D eigenvalue weighted by Crippen LogP contribution is -2.31. The lowest BCUT2D eigenvalue weighted by molar-refractivity contribution is -0.171. The first-order chi connectivity index (χ1) is 8.00. The maximum Gasteiger partial charge on any atom is 0.393 e. The molecule has 6 heteroatoms. The summed E-state index contributed by atoms with van der Waals surface area (Å²) in [4.78, 5) is 4.18. The largest absolute Gasteiger partial charge is 0.393 e. The number of nitrogens with zero attached hydrogens (tertiary/aromatic N) is 1. The van der Waals surface area contributed by atoms with Crippen LogP contribution in [-0.4, -0.2) is 17.7 Å². The minimum atomic E-state index is -4.26. The third kappa shape index (κ3) is 2.76. The van der Waals surface area contributed by atoms with E-state index in [0.29, 0.717) is 5.01 Å². The summed E-state index contributed by atoms with van der Waals surface area (Å²) in [6.07, 6.45) is -4.40. The van der Waals surface area contributed by atoms with Crippen molar-refractivity contribution in [1.82, 2.24) is 4.98 Å². The number of para-hydroxylation sites is 1. The zero-order valence-electron chi connectivity index (χ0n) is 8.87. The summed E-state index contributed by atoms with van der Waals surface area (Å²) in [6.45, 7) is -0.403. The molecule has 0 fully saturated rings. The van der Waals surface area contributed by atoms with Crippen molar-refractivity contribution in [1.29, 1.82) is 0 Å². The molecular weight excluding hydrogens is 249 g/mol. The number of fused-ring (bicyclic) bond motifs is 1. The molecule has 0 aliphatic rings. The monoisotopic (exact) mass is 260 g/mol. The van der Waals surface area contributed by atoms with Gasteiger partial charge in [-0.05, 0) is 12.1 Å². The summed E-state index contributed by atoms with van der Waals surface area (Å²) in [5, 5.41) is 0.485. The van der Waals surface area contributed by atoms with E-state index in [1.54, 1.807) is 6.07 Å². The molecule has 0 saturated carbocycles. The van der Waals surface area contributed by atoms with Gasteiger partial charge in [-0.15, -0.1) is 11.3 Å². The molecule has 0 aliphatic heterocycles. The number of halogens is 3. The van der Waals surface area contributed by atoms with Crippen LogP contribution in [0, 0.1) is 5.92 Å². The van der Waals surface area contributed by atoms with Crippen LogP contribution < -0.4 is 5.73 Å². The zero-order valence-corrected chi connectivity index (χ0v) is 9.68. The SMILES string of the molecule is NC[C@@H](Cc1nc2ccccc2s1)C(F)(F)F. The topological polar surface area (TPSA) is 38.9 Å². The van der Waals surface area contributed by atoms with E-state index >= 15 is 0 Å². The Morgan fingerprint density at radius 3 is 2.59 bits per heavy atom. The van der Waals surface area contributed by atoms with Crippen LogP contribution in [0.5, 0.6) is 0 Å². The zero-order chi connectivity index (χ0) is 12.5. The third-order valence-corrected chi connectivity index (χ3v) is 3.57. The summed E-state index contributed by atoms with van der Waals surface area (Å²) >= 11 is 1.29. The second kappa shape index (κ2) is 4.62. The number of rotatable bonds is 3. The number of alkyl halides is 3. The fraction of sp³-hybridized carbons (Fsp3) is 0.364. The molecule has 2 aromatic rings. The van der Waals surface area contributed by atoms with Gasteiger partial charge in [0.2, 0.25) is 0 Å². The van der Waals surface area contributed by atoms with Crippen LogP contribution in [0.3, 0.4) is 0 Å². The van der Waals surface area contributed by atoms with Crippen molar-refractivity contribution in [3.8, 4) is 0 Å². The molecule has 1 atom stereocenters. The van der Waals surface area contributed by atoms with Gasteiger partial charge in [0, 0.05) is 13.0 Å². The smallest absolute Gasteiger partial charge is 0.330 e. The summed E-state index contributed by atoms with van der Waals surface area (Å²) in [6, 6.07) is 7.30. The number of benzene rings is 1. The average molecular weight is 260 g/mol. The number of hydrogen-bond donors (Lipinski definition) is 1. The van der Waals surface area contributed by atoms with Crippen molar-refractivity contribution in [2.24, 2.45) is 11.7 Å². The van der Waals surface area contributed by atoms with E-state index in [1.165, 1.54) is 11.3 Å². The average Bonchev–Trinajstić information content (AvgIpc) is 2.66. The van der Waals surface area contributed by atoms with Crippen molar-refractivity contribution in [2.75, 3.05) is 6.54 Å². The van der Waals surface area contributed by atoms with Gasteiger partial charge in [-0.3, -0.25) is 0 Å². The van der Waals surface area contributed by atoms with Crippen LogP contribution >= 0.6 is 11.3 Å². The van der Waals surface area contributed by atoms with E-state index in [4.69, 9.17) is 5.73 Å². The van der Waals surface area contributed by atoms with Gasteiger partial charge in [0.15, 0.2) is 0 Å². The molecule has 2 rings (SSSR count). The van der Waals surface area contributed by atoms with Crippen molar-refractivity contribution < 1.29 is 13.2 Å². The Balaban J connectivity index is 2.23. The molecular formula is C11H11F3N2S. The predicted octanol–water partition coefficient (Wildman–Crippen LogP) is 2.98. The van der Waals surface area contributed by atoms with E-state index < -0.39 is 18.6 Å². The maximum atomic E-state index is 12.6. The third-order valence-electron chi connectivity index (χ3n) is 2.51. The Labute approximate surface area is 100 Å². The Morgan fingerprint density at radius 1 is 1.29 bits per heavy atom. The van der Waals surface area contributed by atoms with Gasteiger partial charge in [0.1, 0.15) is 0 Å². The molecule has 0 radical (unpaired) electrons. The first-order valence-corrected chi connectivity index (χ1v) is 5.93. The molecule has 2 nitrogen and oxygen atoms in total. The molecule has 0 bridgehead atoms. The van der Waals surface area contributed by atoms with Gasteiger partial charge in [-0.25, -0.2) is 4.98 Å². The first kappa shape index (κ1) is 12.3. The molecule has 0 aliphatic carbocycles. The summed E-state index contributed by atoms with van der Waals surface area (Å²) < 4.78 is 38.6. The molecule has 0 unspecified atom stereocenters. The molecule has 0 saturated heterocycles. The molecule has 0 amide bonds. The van der Waals surface area contributed by atoms with Crippen LogP contribution in [0.4, 0.5) is 13.2 Å². The highest BCUT2D eigenvalue weighted by atomic mass is 32.1. The Bertz CT molecular complexity index is 474.